The normalized spacial score (nSPS) is 17.7. The van der Waals surface area contributed by atoms with E-state index in [1.54, 1.807) is 0 Å². The third kappa shape index (κ3) is 5.77. The first-order valence-corrected chi connectivity index (χ1v) is 13.3. The molecule has 0 saturated heterocycles. The molecule has 10 nitrogen and oxygen atoms in total. The maximum Gasteiger partial charge on any atom is 0.424 e. The zero-order valence-electron chi connectivity index (χ0n) is 23.9. The van der Waals surface area contributed by atoms with Crippen LogP contribution >= 0.6 is 0 Å². The summed E-state index contributed by atoms with van der Waals surface area (Å²) in [6.07, 6.45) is -9.09. The summed E-state index contributed by atoms with van der Waals surface area (Å²) in [6.45, 7) is -1.97. The van der Waals surface area contributed by atoms with E-state index in [2.05, 4.69) is 10.1 Å². The Morgan fingerprint density at radius 3 is 2.39 bits per heavy atom. The SMILES string of the molecule is COc1cc(C(=O)NCC(O)(c2cc3c(c(-c4ccc(F)cc4)n2)OC[C@]3(C)C(N)=O)C(F)(F)F)cc2cn(CC(F)(F)F)nc12. The monoisotopic (exact) mass is 655 g/mol. The third-order valence-electron chi connectivity index (χ3n) is 7.58. The number of carbonyl (C=O) groups excluding carboxylic acids is 2. The molecular formula is C29H24F7N5O5. The van der Waals surface area contributed by atoms with Gasteiger partial charge in [0.15, 0.2) is 0 Å². The van der Waals surface area contributed by atoms with Crippen LogP contribution in [0.5, 0.6) is 11.5 Å². The van der Waals surface area contributed by atoms with E-state index < -0.39 is 59.8 Å². The van der Waals surface area contributed by atoms with Crippen molar-refractivity contribution in [2.75, 3.05) is 20.3 Å². The average molecular weight is 656 g/mol. The largest absolute Gasteiger partial charge is 0.494 e. The molecule has 46 heavy (non-hydrogen) atoms. The summed E-state index contributed by atoms with van der Waals surface area (Å²) in [4.78, 5) is 29.5. The Labute approximate surface area is 254 Å². The number of nitrogens with two attached hydrogens (primary N) is 1. The number of fused-ring (bicyclic) bond motifs is 2. The highest BCUT2D eigenvalue weighted by Crippen LogP contribution is 2.47. The Hall–Kier alpha value is -4.93. The number of primary amides is 1. The van der Waals surface area contributed by atoms with Crippen molar-refractivity contribution in [1.82, 2.24) is 20.1 Å². The van der Waals surface area contributed by atoms with Crippen LogP contribution in [0.4, 0.5) is 30.7 Å². The van der Waals surface area contributed by atoms with Crippen LogP contribution in [-0.2, 0) is 22.4 Å². The molecular weight excluding hydrogens is 631 g/mol. The molecule has 2 amide bonds. The molecule has 244 valence electrons. The third-order valence-corrected chi connectivity index (χ3v) is 7.58. The molecule has 17 heteroatoms. The molecule has 0 spiro atoms. The number of aliphatic hydroxyl groups is 1. The van der Waals surface area contributed by atoms with Gasteiger partial charge in [0.1, 0.15) is 47.1 Å². The first kappa shape index (κ1) is 32.5. The van der Waals surface area contributed by atoms with E-state index in [1.165, 1.54) is 19.1 Å². The first-order chi connectivity index (χ1) is 21.4. The molecule has 2 aromatic carbocycles. The number of nitrogens with zero attached hydrogens (tertiary/aromatic N) is 3. The molecule has 0 radical (unpaired) electrons. The van der Waals surface area contributed by atoms with Gasteiger partial charge in [-0.15, -0.1) is 0 Å². The molecule has 1 unspecified atom stereocenters. The molecule has 0 fully saturated rings. The van der Waals surface area contributed by atoms with Gasteiger partial charge in [-0.1, -0.05) is 0 Å². The summed E-state index contributed by atoms with van der Waals surface area (Å²) in [6, 6.07) is 7.42. The lowest BCUT2D eigenvalue weighted by Gasteiger charge is -2.31. The minimum Gasteiger partial charge on any atom is -0.494 e. The molecule has 0 bridgehead atoms. The predicted molar refractivity (Wildman–Crippen MR) is 146 cm³/mol. The topological polar surface area (TPSA) is 142 Å². The number of rotatable bonds is 8. The number of halogens is 7. The maximum atomic E-state index is 14.7. The van der Waals surface area contributed by atoms with Crippen molar-refractivity contribution in [3.8, 4) is 22.8 Å². The van der Waals surface area contributed by atoms with Crippen LogP contribution in [0.1, 0.15) is 28.5 Å². The van der Waals surface area contributed by atoms with Crippen molar-refractivity contribution in [1.29, 1.82) is 0 Å². The summed E-state index contributed by atoms with van der Waals surface area (Å²) >= 11 is 0. The lowest BCUT2D eigenvalue weighted by atomic mass is 9.81. The van der Waals surface area contributed by atoms with Crippen LogP contribution in [0.2, 0.25) is 0 Å². The quantitative estimate of drug-likeness (QED) is 0.243. The Kier molecular flexibility index (Phi) is 7.87. The smallest absolute Gasteiger partial charge is 0.424 e. The highest BCUT2D eigenvalue weighted by Gasteiger charge is 2.57. The van der Waals surface area contributed by atoms with E-state index in [9.17, 15) is 45.4 Å². The number of methoxy groups -OCH3 is 1. The van der Waals surface area contributed by atoms with Gasteiger partial charge >= 0.3 is 12.4 Å². The Bertz CT molecular complexity index is 1840. The summed E-state index contributed by atoms with van der Waals surface area (Å²) < 4.78 is 108. The van der Waals surface area contributed by atoms with Crippen molar-refractivity contribution < 1.29 is 54.9 Å². The van der Waals surface area contributed by atoms with Crippen LogP contribution < -0.4 is 20.5 Å². The minimum absolute atomic E-state index is 0.0230. The van der Waals surface area contributed by atoms with Gasteiger partial charge in [0.25, 0.3) is 5.91 Å². The second-order valence-electron chi connectivity index (χ2n) is 10.8. The van der Waals surface area contributed by atoms with Crippen molar-refractivity contribution in [3.63, 3.8) is 0 Å². The lowest BCUT2D eigenvalue weighted by Crippen LogP contribution is -2.51. The second-order valence-corrected chi connectivity index (χ2v) is 10.8. The summed E-state index contributed by atoms with van der Waals surface area (Å²) in [5, 5.41) is 17.0. The number of aromatic nitrogens is 3. The van der Waals surface area contributed by atoms with Crippen molar-refractivity contribution in [3.05, 3.63) is 71.3 Å². The van der Waals surface area contributed by atoms with Gasteiger partial charge in [0, 0.05) is 28.3 Å². The molecule has 4 N–H and O–H groups in total. The number of amides is 2. The van der Waals surface area contributed by atoms with Crippen LogP contribution in [0, 0.1) is 5.82 Å². The highest BCUT2D eigenvalue weighted by molar-refractivity contribution is 6.00. The molecule has 0 saturated carbocycles. The van der Waals surface area contributed by atoms with E-state index >= 15 is 0 Å². The fourth-order valence-corrected chi connectivity index (χ4v) is 4.95. The second kappa shape index (κ2) is 11.1. The summed E-state index contributed by atoms with van der Waals surface area (Å²) in [5.41, 5.74) is -1.61. The van der Waals surface area contributed by atoms with Crippen molar-refractivity contribution in [2.24, 2.45) is 5.73 Å². The van der Waals surface area contributed by atoms with Crippen molar-refractivity contribution in [2.45, 2.75) is 36.8 Å². The Balaban J connectivity index is 1.55. The number of hydrogen-bond acceptors (Lipinski definition) is 7. The van der Waals surface area contributed by atoms with Gasteiger partial charge in [-0.2, -0.15) is 31.4 Å². The van der Waals surface area contributed by atoms with E-state index in [0.717, 1.165) is 43.6 Å². The van der Waals surface area contributed by atoms with Gasteiger partial charge in [-0.3, -0.25) is 14.3 Å². The molecule has 3 heterocycles. The molecule has 2 atom stereocenters. The molecule has 2 aromatic heterocycles. The number of hydrogen-bond donors (Lipinski definition) is 3. The number of carbonyl (C=O) groups is 2. The molecule has 1 aliphatic heterocycles. The lowest BCUT2D eigenvalue weighted by molar-refractivity contribution is -0.265. The maximum absolute atomic E-state index is 14.7. The van der Waals surface area contributed by atoms with Crippen LogP contribution in [-0.4, -0.2) is 64.3 Å². The van der Waals surface area contributed by atoms with Crippen LogP contribution in [0.3, 0.4) is 0 Å². The molecule has 0 aliphatic carbocycles. The van der Waals surface area contributed by atoms with E-state index in [0.29, 0.717) is 4.68 Å². The molecule has 4 aromatic rings. The Morgan fingerprint density at radius 1 is 1.13 bits per heavy atom. The Morgan fingerprint density at radius 2 is 1.80 bits per heavy atom. The van der Waals surface area contributed by atoms with Gasteiger partial charge in [0.05, 0.1) is 19.3 Å². The number of alkyl halides is 6. The predicted octanol–water partition coefficient (Wildman–Crippen LogP) is 4.12. The van der Waals surface area contributed by atoms with Gasteiger partial charge in [-0.05, 0) is 49.4 Å². The zero-order chi connectivity index (χ0) is 33.8. The van der Waals surface area contributed by atoms with E-state index in [1.807, 2.05) is 5.32 Å². The molecule has 1 aliphatic rings. The summed E-state index contributed by atoms with van der Waals surface area (Å²) in [7, 11) is 1.16. The number of benzene rings is 2. The molecule has 5 rings (SSSR count). The van der Waals surface area contributed by atoms with Gasteiger partial charge < -0.3 is 25.6 Å². The fraction of sp³-hybridized carbons (Fsp3) is 0.310. The number of nitrogens with one attached hydrogen (secondary N) is 1. The minimum atomic E-state index is -5.47. The van der Waals surface area contributed by atoms with Crippen molar-refractivity contribution >= 4 is 22.7 Å². The number of ether oxygens (including phenoxy) is 2. The van der Waals surface area contributed by atoms with E-state index in [4.69, 9.17) is 15.2 Å². The van der Waals surface area contributed by atoms with Gasteiger partial charge in [0.2, 0.25) is 11.5 Å². The van der Waals surface area contributed by atoms with E-state index in [-0.39, 0.29) is 51.4 Å². The highest BCUT2D eigenvalue weighted by atomic mass is 19.4. The van der Waals surface area contributed by atoms with Gasteiger partial charge in [-0.25, -0.2) is 9.37 Å². The number of pyridine rings is 1. The first-order valence-electron chi connectivity index (χ1n) is 13.3. The zero-order valence-corrected chi connectivity index (χ0v) is 23.9. The van der Waals surface area contributed by atoms with Crippen LogP contribution in [0.15, 0.2) is 48.7 Å². The van der Waals surface area contributed by atoms with Crippen LogP contribution in [0.25, 0.3) is 22.2 Å². The summed E-state index contributed by atoms with van der Waals surface area (Å²) in [5.74, 6) is -2.99. The fourth-order valence-electron chi connectivity index (χ4n) is 4.95. The average Bonchev–Trinajstić information content (AvgIpc) is 3.54. The standard InChI is InChI=1S/C29H24F7N5O5/c1-26(25(37)43)13-46-23-18(26)9-20(39-22(23)14-3-5-17(30)6-4-14)27(44,29(34,35)36)11-38-24(42)15-7-16-10-41(12-28(31,32)33)40-21(16)19(8-15)45-2/h3-10,44H,11-13H2,1-2H3,(H2,37,43)(H,38,42)/t26-,27?/m0/s1.